The third kappa shape index (κ3) is 5.90. The highest BCUT2D eigenvalue weighted by Crippen LogP contribution is 2.31. The molecule has 3 aromatic rings. The molecular weight excluding hydrogens is 408 g/mol. The van der Waals surface area contributed by atoms with Crippen LogP contribution in [0.4, 0.5) is 0 Å². The van der Waals surface area contributed by atoms with Gasteiger partial charge in [-0.2, -0.15) is 0 Å². The fourth-order valence-corrected chi connectivity index (χ4v) is 4.04. The number of fused-ring (bicyclic) bond motifs is 1. The lowest BCUT2D eigenvalue weighted by atomic mass is 10.0. The van der Waals surface area contributed by atoms with Gasteiger partial charge in [-0.05, 0) is 75.2 Å². The Hall–Kier alpha value is -2.30. The highest BCUT2D eigenvalue weighted by molar-refractivity contribution is 6.35. The molecule has 0 aliphatic rings. The van der Waals surface area contributed by atoms with Crippen molar-refractivity contribution < 1.29 is 9.53 Å². The number of rotatable bonds is 13. The van der Waals surface area contributed by atoms with Crippen LogP contribution >= 0.6 is 11.6 Å². The van der Waals surface area contributed by atoms with Crippen molar-refractivity contribution >= 4 is 22.9 Å². The van der Waals surface area contributed by atoms with Crippen molar-refractivity contribution in [2.75, 3.05) is 19.7 Å². The molecule has 0 aliphatic carbocycles. The van der Waals surface area contributed by atoms with Gasteiger partial charge in [0.05, 0.1) is 22.8 Å². The number of unbranched alkanes of at least 4 members (excludes halogenated alkanes) is 2. The first kappa shape index (κ1) is 23.4. The predicted molar refractivity (Wildman–Crippen MR) is 129 cm³/mol. The van der Waals surface area contributed by atoms with E-state index in [0.29, 0.717) is 22.9 Å². The second-order valence-electron chi connectivity index (χ2n) is 7.86. The van der Waals surface area contributed by atoms with Gasteiger partial charge in [-0.3, -0.25) is 4.79 Å². The van der Waals surface area contributed by atoms with Crippen LogP contribution in [-0.4, -0.2) is 29.9 Å². The van der Waals surface area contributed by atoms with Gasteiger partial charge in [0.2, 0.25) is 5.78 Å². The van der Waals surface area contributed by atoms with Gasteiger partial charge in [0.15, 0.2) is 0 Å². The van der Waals surface area contributed by atoms with E-state index in [1.54, 1.807) is 0 Å². The molecule has 31 heavy (non-hydrogen) atoms. The van der Waals surface area contributed by atoms with Crippen molar-refractivity contribution in [3.05, 3.63) is 70.5 Å². The fraction of sp³-hybridized carbons (Fsp3) is 0.423. The number of hydrogen-bond donors (Lipinski definition) is 1. The van der Waals surface area contributed by atoms with E-state index in [-0.39, 0.29) is 5.78 Å². The zero-order chi connectivity index (χ0) is 22.1. The van der Waals surface area contributed by atoms with Crippen molar-refractivity contribution in [1.82, 2.24) is 9.72 Å². The zero-order valence-electron chi connectivity index (χ0n) is 18.6. The van der Waals surface area contributed by atoms with E-state index in [1.165, 1.54) is 12.8 Å². The minimum absolute atomic E-state index is 0.00845. The van der Waals surface area contributed by atoms with E-state index in [9.17, 15) is 4.79 Å². The maximum absolute atomic E-state index is 13.4. The first-order chi connectivity index (χ1) is 15.2. The minimum Gasteiger partial charge on any atom is -0.494 e. The molecule has 0 bridgehead atoms. The monoisotopic (exact) mass is 440 g/mol. The molecule has 1 aromatic carbocycles. The fourth-order valence-electron chi connectivity index (χ4n) is 3.70. The topological polar surface area (TPSA) is 42.7 Å². The lowest BCUT2D eigenvalue weighted by Gasteiger charge is -2.09. The molecule has 4 nitrogen and oxygen atoms in total. The maximum atomic E-state index is 13.4. The van der Waals surface area contributed by atoms with Gasteiger partial charge in [0.1, 0.15) is 5.75 Å². The summed E-state index contributed by atoms with van der Waals surface area (Å²) in [5.74, 6) is 0.778. The van der Waals surface area contributed by atoms with Crippen LogP contribution in [0.15, 0.2) is 48.7 Å². The summed E-state index contributed by atoms with van der Waals surface area (Å²) in [6.07, 6.45) is 8.13. The lowest BCUT2D eigenvalue weighted by Crippen LogP contribution is -2.18. The number of carbonyl (C=O) groups excluding carboxylic acids is 1. The number of aromatic nitrogens is 1. The van der Waals surface area contributed by atoms with Crippen molar-refractivity contribution in [2.45, 2.75) is 52.4 Å². The summed E-state index contributed by atoms with van der Waals surface area (Å²) >= 11 is 6.67. The van der Waals surface area contributed by atoms with Crippen LogP contribution in [0, 0.1) is 0 Å². The predicted octanol–water partition coefficient (Wildman–Crippen LogP) is 6.32. The summed E-state index contributed by atoms with van der Waals surface area (Å²) in [7, 11) is 0. The molecule has 3 rings (SSSR count). The molecule has 0 fully saturated rings. The minimum atomic E-state index is -0.00845. The molecule has 0 amide bonds. The molecule has 166 valence electrons. The molecule has 1 N–H and O–H groups in total. The third-order valence-electron chi connectivity index (χ3n) is 5.46. The number of benzene rings is 1. The van der Waals surface area contributed by atoms with Crippen molar-refractivity contribution in [3.8, 4) is 5.75 Å². The molecular formula is C26H33ClN2O2. The number of nitrogens with zero attached hydrogens (tertiary/aromatic N) is 1. The average Bonchev–Trinajstić information content (AvgIpc) is 3.08. The third-order valence-corrected chi connectivity index (χ3v) is 5.88. The number of carbonyl (C=O) groups is 1. The first-order valence-electron chi connectivity index (χ1n) is 11.4. The Bertz CT molecular complexity index is 979. The van der Waals surface area contributed by atoms with Gasteiger partial charge in [0.25, 0.3) is 0 Å². The van der Waals surface area contributed by atoms with Crippen molar-refractivity contribution in [2.24, 2.45) is 0 Å². The Labute approximate surface area is 190 Å². The van der Waals surface area contributed by atoms with Crippen LogP contribution in [0.3, 0.4) is 0 Å². The zero-order valence-corrected chi connectivity index (χ0v) is 19.4. The largest absolute Gasteiger partial charge is 0.494 e. The van der Waals surface area contributed by atoms with E-state index in [0.717, 1.165) is 55.6 Å². The van der Waals surface area contributed by atoms with Gasteiger partial charge >= 0.3 is 0 Å². The van der Waals surface area contributed by atoms with Crippen molar-refractivity contribution in [1.29, 1.82) is 0 Å². The van der Waals surface area contributed by atoms with E-state index in [1.807, 2.05) is 53.1 Å². The number of hydrogen-bond acceptors (Lipinski definition) is 3. The molecule has 0 saturated carbocycles. The molecule has 0 radical (unpaired) electrons. The number of halogens is 1. The Balaban J connectivity index is 1.70. The molecule has 0 spiro atoms. The Morgan fingerprint density at radius 2 is 1.74 bits per heavy atom. The second-order valence-corrected chi connectivity index (χ2v) is 8.24. The second kappa shape index (κ2) is 11.9. The SMILES string of the molecule is CCCCNCCCOc1ccc(C(=O)c2c(CCCC)c(Cl)c3ccccn23)cc1. The smallest absolute Gasteiger partial charge is 0.210 e. The van der Waals surface area contributed by atoms with Crippen LogP contribution in [-0.2, 0) is 6.42 Å². The summed E-state index contributed by atoms with van der Waals surface area (Å²) in [6, 6.07) is 13.3. The Morgan fingerprint density at radius 1 is 1.00 bits per heavy atom. The first-order valence-corrected chi connectivity index (χ1v) is 11.8. The van der Waals surface area contributed by atoms with Crippen LogP contribution in [0.1, 0.15) is 67.6 Å². The summed E-state index contributed by atoms with van der Waals surface area (Å²) < 4.78 is 7.75. The Kier molecular flexibility index (Phi) is 8.98. The molecule has 2 heterocycles. The van der Waals surface area contributed by atoms with Crippen LogP contribution in [0.25, 0.3) is 5.52 Å². The summed E-state index contributed by atoms with van der Waals surface area (Å²) in [6.45, 7) is 7.02. The average molecular weight is 441 g/mol. The molecule has 0 unspecified atom stereocenters. The molecule has 5 heteroatoms. The number of pyridine rings is 1. The van der Waals surface area contributed by atoms with Crippen LogP contribution in [0.5, 0.6) is 5.75 Å². The highest BCUT2D eigenvalue weighted by Gasteiger charge is 2.22. The van der Waals surface area contributed by atoms with Crippen LogP contribution in [0.2, 0.25) is 5.02 Å². The number of ether oxygens (including phenoxy) is 1. The maximum Gasteiger partial charge on any atom is 0.210 e. The van der Waals surface area contributed by atoms with Gasteiger partial charge in [-0.15, -0.1) is 0 Å². The highest BCUT2D eigenvalue weighted by atomic mass is 35.5. The van der Waals surface area contributed by atoms with Crippen molar-refractivity contribution in [3.63, 3.8) is 0 Å². The lowest BCUT2D eigenvalue weighted by molar-refractivity contribution is 0.103. The van der Waals surface area contributed by atoms with Gasteiger partial charge in [-0.1, -0.05) is 44.4 Å². The summed E-state index contributed by atoms with van der Waals surface area (Å²) in [4.78, 5) is 13.4. The number of ketones is 1. The van der Waals surface area contributed by atoms with Gasteiger partial charge in [-0.25, -0.2) is 0 Å². The quantitative estimate of drug-likeness (QED) is 0.249. The van der Waals surface area contributed by atoms with Gasteiger partial charge in [0, 0.05) is 17.3 Å². The summed E-state index contributed by atoms with van der Waals surface area (Å²) in [5.41, 5.74) is 3.13. The molecule has 2 aromatic heterocycles. The molecule has 0 aliphatic heterocycles. The van der Waals surface area contributed by atoms with E-state index in [2.05, 4.69) is 19.2 Å². The van der Waals surface area contributed by atoms with E-state index in [4.69, 9.17) is 16.3 Å². The molecule has 0 atom stereocenters. The van der Waals surface area contributed by atoms with E-state index < -0.39 is 0 Å². The molecule has 0 saturated heterocycles. The Morgan fingerprint density at radius 3 is 2.48 bits per heavy atom. The summed E-state index contributed by atoms with van der Waals surface area (Å²) in [5, 5.41) is 4.10. The standard InChI is InChI=1S/C26H33ClN2O2/c1-3-5-10-22-24(27)23-11-7-8-18-29(23)25(22)26(30)20-12-14-21(15-13-20)31-19-9-17-28-16-6-4-2/h7-8,11-15,18,28H,3-6,9-10,16-17,19H2,1-2H3. The van der Waals surface area contributed by atoms with E-state index >= 15 is 0 Å². The van der Waals surface area contributed by atoms with Gasteiger partial charge < -0.3 is 14.5 Å². The number of nitrogens with one attached hydrogen (secondary N) is 1. The van der Waals surface area contributed by atoms with Crippen LogP contribution < -0.4 is 10.1 Å². The normalized spacial score (nSPS) is 11.2.